The van der Waals surface area contributed by atoms with Gasteiger partial charge in [0, 0.05) is 15.2 Å². The van der Waals surface area contributed by atoms with Crippen LogP contribution < -0.4 is 4.74 Å². The van der Waals surface area contributed by atoms with Crippen LogP contribution in [0, 0.1) is 0 Å². The normalized spacial score (nSPS) is 11.8. The molecule has 0 unspecified atom stereocenters. The molecule has 1 aromatic rings. The van der Waals surface area contributed by atoms with Gasteiger partial charge >= 0.3 is 6.61 Å². The first kappa shape index (κ1) is 12.7. The molecular weight excluding hydrogens is 317 g/mol. The molecule has 0 fully saturated rings. The lowest BCUT2D eigenvalue weighted by Gasteiger charge is -2.08. The third kappa shape index (κ3) is 3.58. The third-order valence-electron chi connectivity index (χ3n) is 1.38. The SMILES string of the molecule is O=S(=O)(Cl)c1ccc(Br)cc1OC(F)F. The number of rotatable bonds is 3. The van der Waals surface area contributed by atoms with E-state index in [1.54, 1.807) is 0 Å². The Morgan fingerprint density at radius 2 is 2.00 bits per heavy atom. The highest BCUT2D eigenvalue weighted by molar-refractivity contribution is 9.10. The molecule has 0 aliphatic rings. The lowest BCUT2D eigenvalue weighted by molar-refractivity contribution is -0.0517. The zero-order valence-corrected chi connectivity index (χ0v) is 10.1. The van der Waals surface area contributed by atoms with Crippen LogP contribution in [0.3, 0.4) is 0 Å². The van der Waals surface area contributed by atoms with E-state index in [0.717, 1.165) is 12.1 Å². The minimum absolute atomic E-state index is 0.405. The molecule has 8 heteroatoms. The summed E-state index contributed by atoms with van der Waals surface area (Å²) in [5.41, 5.74) is 0. The highest BCUT2D eigenvalue weighted by atomic mass is 79.9. The van der Waals surface area contributed by atoms with Crippen molar-refractivity contribution in [3.8, 4) is 5.75 Å². The van der Waals surface area contributed by atoms with Crippen LogP contribution in [0.15, 0.2) is 27.6 Å². The van der Waals surface area contributed by atoms with Gasteiger partial charge in [-0.2, -0.15) is 8.78 Å². The third-order valence-corrected chi connectivity index (χ3v) is 3.24. The standard InChI is InChI=1S/C7H4BrClF2O3S/c8-4-1-2-6(15(9,12)13)5(3-4)14-7(10)11/h1-3,7H. The largest absolute Gasteiger partial charge is 0.433 e. The summed E-state index contributed by atoms with van der Waals surface area (Å²) in [6.07, 6.45) is 0. The maximum absolute atomic E-state index is 11.9. The number of alkyl halides is 2. The molecule has 0 aliphatic carbocycles. The highest BCUT2D eigenvalue weighted by Gasteiger charge is 2.19. The van der Waals surface area contributed by atoms with Crippen LogP contribution in [-0.4, -0.2) is 15.0 Å². The summed E-state index contributed by atoms with van der Waals surface area (Å²) >= 11 is 2.99. The van der Waals surface area contributed by atoms with Crippen molar-refractivity contribution in [2.24, 2.45) is 0 Å². The first-order valence-electron chi connectivity index (χ1n) is 3.50. The minimum Gasteiger partial charge on any atom is -0.433 e. The zero-order valence-electron chi connectivity index (χ0n) is 6.95. The molecule has 0 spiro atoms. The average Bonchev–Trinajstić information content (AvgIpc) is 1.99. The van der Waals surface area contributed by atoms with Crippen molar-refractivity contribution in [1.82, 2.24) is 0 Å². The summed E-state index contributed by atoms with van der Waals surface area (Å²) in [7, 11) is 0.929. The van der Waals surface area contributed by atoms with Crippen LogP contribution in [0.25, 0.3) is 0 Å². The second-order valence-corrected chi connectivity index (χ2v) is 5.86. The first-order valence-corrected chi connectivity index (χ1v) is 6.60. The molecule has 0 heterocycles. The molecule has 1 rings (SSSR count). The Morgan fingerprint density at radius 1 is 1.40 bits per heavy atom. The maximum atomic E-state index is 11.9. The monoisotopic (exact) mass is 320 g/mol. The van der Waals surface area contributed by atoms with E-state index >= 15 is 0 Å². The van der Waals surface area contributed by atoms with Crippen LogP contribution in [-0.2, 0) is 9.05 Å². The summed E-state index contributed by atoms with van der Waals surface area (Å²) in [5, 5.41) is 0. The van der Waals surface area contributed by atoms with Crippen molar-refractivity contribution >= 4 is 35.7 Å². The Hall–Kier alpha value is -0.400. The Morgan fingerprint density at radius 3 is 2.47 bits per heavy atom. The van der Waals surface area contributed by atoms with Gasteiger partial charge in [-0.1, -0.05) is 15.9 Å². The molecule has 0 N–H and O–H groups in total. The van der Waals surface area contributed by atoms with E-state index in [1.807, 2.05) is 0 Å². The Kier molecular flexibility index (Phi) is 3.91. The molecule has 3 nitrogen and oxygen atoms in total. The van der Waals surface area contributed by atoms with Crippen LogP contribution >= 0.6 is 26.6 Å². The number of hydrogen-bond donors (Lipinski definition) is 0. The second-order valence-electron chi connectivity index (χ2n) is 2.41. The average molecular weight is 322 g/mol. The summed E-state index contributed by atoms with van der Waals surface area (Å²) in [5.74, 6) is -0.491. The molecule has 0 saturated heterocycles. The molecule has 0 radical (unpaired) electrons. The minimum atomic E-state index is -4.10. The maximum Gasteiger partial charge on any atom is 0.387 e. The Balaban J connectivity index is 3.27. The molecule has 15 heavy (non-hydrogen) atoms. The molecule has 0 bridgehead atoms. The second kappa shape index (κ2) is 4.63. The van der Waals surface area contributed by atoms with E-state index in [2.05, 4.69) is 20.7 Å². The fourth-order valence-electron chi connectivity index (χ4n) is 0.871. The predicted molar refractivity (Wildman–Crippen MR) is 53.8 cm³/mol. The molecular formula is C7H4BrClF2O3S. The summed E-state index contributed by atoms with van der Waals surface area (Å²) < 4.78 is 50.3. The summed E-state index contributed by atoms with van der Waals surface area (Å²) in [4.78, 5) is -0.493. The van der Waals surface area contributed by atoms with Crippen molar-refractivity contribution in [3.63, 3.8) is 0 Å². The van der Waals surface area contributed by atoms with Crippen molar-refractivity contribution < 1.29 is 21.9 Å². The van der Waals surface area contributed by atoms with E-state index in [-0.39, 0.29) is 0 Å². The van der Waals surface area contributed by atoms with Gasteiger partial charge in [0.1, 0.15) is 10.6 Å². The molecule has 1 aromatic carbocycles. The number of benzene rings is 1. The lowest BCUT2D eigenvalue weighted by atomic mass is 10.3. The molecule has 0 amide bonds. The van der Waals surface area contributed by atoms with Crippen LogP contribution in [0.1, 0.15) is 0 Å². The number of hydrogen-bond acceptors (Lipinski definition) is 3. The van der Waals surface area contributed by atoms with Gasteiger partial charge in [-0.15, -0.1) is 0 Å². The van der Waals surface area contributed by atoms with Crippen molar-refractivity contribution in [2.75, 3.05) is 0 Å². The summed E-state index contributed by atoms with van der Waals surface area (Å²) in [6.45, 7) is -3.11. The Bertz CT molecular complexity index is 463. The van der Waals surface area contributed by atoms with E-state index in [0.29, 0.717) is 4.47 Å². The molecule has 84 valence electrons. The van der Waals surface area contributed by atoms with E-state index in [1.165, 1.54) is 6.07 Å². The topological polar surface area (TPSA) is 43.4 Å². The van der Waals surface area contributed by atoms with Crippen LogP contribution in [0.2, 0.25) is 0 Å². The van der Waals surface area contributed by atoms with Gasteiger partial charge < -0.3 is 4.74 Å². The quantitative estimate of drug-likeness (QED) is 0.804. The van der Waals surface area contributed by atoms with E-state index in [4.69, 9.17) is 10.7 Å². The van der Waals surface area contributed by atoms with Gasteiger partial charge in [-0.25, -0.2) is 8.42 Å². The van der Waals surface area contributed by atoms with E-state index < -0.39 is 26.3 Å². The van der Waals surface area contributed by atoms with Crippen molar-refractivity contribution in [3.05, 3.63) is 22.7 Å². The van der Waals surface area contributed by atoms with Gasteiger partial charge in [0.05, 0.1) is 0 Å². The lowest BCUT2D eigenvalue weighted by Crippen LogP contribution is -2.05. The van der Waals surface area contributed by atoms with Gasteiger partial charge in [0.25, 0.3) is 9.05 Å². The fourth-order valence-corrected chi connectivity index (χ4v) is 2.17. The van der Waals surface area contributed by atoms with Gasteiger partial charge in [-0.05, 0) is 18.2 Å². The number of halogens is 4. The van der Waals surface area contributed by atoms with Gasteiger partial charge in [0.2, 0.25) is 0 Å². The van der Waals surface area contributed by atoms with Crippen molar-refractivity contribution in [2.45, 2.75) is 11.5 Å². The van der Waals surface area contributed by atoms with Gasteiger partial charge in [0.15, 0.2) is 0 Å². The summed E-state index contributed by atoms with van der Waals surface area (Å²) in [6, 6.07) is 3.53. The highest BCUT2D eigenvalue weighted by Crippen LogP contribution is 2.30. The van der Waals surface area contributed by atoms with Gasteiger partial charge in [-0.3, -0.25) is 0 Å². The fraction of sp³-hybridized carbons (Fsp3) is 0.143. The molecule has 0 saturated carbocycles. The van der Waals surface area contributed by atoms with E-state index in [9.17, 15) is 17.2 Å². The first-order chi connectivity index (χ1) is 6.80. The van der Waals surface area contributed by atoms with Crippen LogP contribution in [0.5, 0.6) is 5.75 Å². The number of ether oxygens (including phenoxy) is 1. The smallest absolute Gasteiger partial charge is 0.387 e. The van der Waals surface area contributed by atoms with Crippen LogP contribution in [0.4, 0.5) is 8.78 Å². The molecule has 0 atom stereocenters. The molecule has 0 aromatic heterocycles. The zero-order chi connectivity index (χ0) is 11.6. The molecule has 0 aliphatic heterocycles. The predicted octanol–water partition coefficient (Wildman–Crippen LogP) is 2.98. The Labute approximate surface area is 97.5 Å². The van der Waals surface area contributed by atoms with Crippen molar-refractivity contribution in [1.29, 1.82) is 0 Å².